The van der Waals surface area contributed by atoms with E-state index in [0.29, 0.717) is 13.7 Å². The Balaban J connectivity index is 1.87. The van der Waals surface area contributed by atoms with Gasteiger partial charge in [0, 0.05) is 1.37 Å². The molecule has 0 spiro atoms. The maximum Gasteiger partial charge on any atom is 0.231 e. The van der Waals surface area contributed by atoms with Gasteiger partial charge in [0.2, 0.25) is 6.79 Å². The molecule has 0 aromatic heterocycles. The third-order valence-electron chi connectivity index (χ3n) is 2.20. The summed E-state index contributed by atoms with van der Waals surface area (Å²) in [5, 5.41) is 3.19. The van der Waals surface area contributed by atoms with E-state index in [-0.39, 0.29) is 0 Å². The monoisotopic (exact) mass is 194 g/mol. The predicted octanol–water partition coefficient (Wildman–Crippen LogP) is 1.57. The molecule has 0 saturated carbocycles. The van der Waals surface area contributed by atoms with Gasteiger partial charge >= 0.3 is 0 Å². The van der Waals surface area contributed by atoms with Gasteiger partial charge in [0.25, 0.3) is 0 Å². The number of ether oxygens (including phenoxy) is 2. The maximum absolute atomic E-state index is 6.99. The summed E-state index contributed by atoms with van der Waals surface area (Å²) in [4.78, 5) is 0. The fourth-order valence-electron chi connectivity index (χ4n) is 1.45. The van der Waals surface area contributed by atoms with Crippen LogP contribution in [0.2, 0.25) is 0 Å². The summed E-state index contributed by atoms with van der Waals surface area (Å²) in [6.45, 7) is 2.42. The molecule has 0 radical (unpaired) electrons. The first-order valence-corrected chi connectivity index (χ1v) is 4.78. The van der Waals surface area contributed by atoms with Crippen LogP contribution in [-0.2, 0) is 6.42 Å². The fourth-order valence-corrected chi connectivity index (χ4v) is 1.45. The highest BCUT2D eigenvalue weighted by atomic mass is 16.7. The van der Waals surface area contributed by atoms with Crippen LogP contribution in [-0.4, -0.2) is 19.9 Å². The lowest BCUT2D eigenvalue weighted by molar-refractivity contribution is 0.174. The third kappa shape index (κ3) is 1.99. The van der Waals surface area contributed by atoms with E-state index in [1.807, 2.05) is 12.1 Å². The minimum atomic E-state index is 0.329. The molecule has 1 aromatic carbocycles. The molecule has 14 heavy (non-hydrogen) atoms. The van der Waals surface area contributed by atoms with Crippen molar-refractivity contribution in [3.8, 4) is 11.5 Å². The second kappa shape index (κ2) is 4.33. The van der Waals surface area contributed by atoms with Gasteiger partial charge in [0.1, 0.15) is 0 Å². The van der Waals surface area contributed by atoms with Crippen LogP contribution in [0.3, 0.4) is 0 Å². The summed E-state index contributed by atoms with van der Waals surface area (Å²) in [6, 6.07) is 6.02. The van der Waals surface area contributed by atoms with Gasteiger partial charge in [0.15, 0.2) is 11.5 Å². The normalized spacial score (nSPS) is 14.1. The minimum Gasteiger partial charge on any atom is -0.454 e. The molecule has 0 saturated heterocycles. The van der Waals surface area contributed by atoms with Crippen LogP contribution in [0.15, 0.2) is 18.2 Å². The Morgan fingerprint density at radius 2 is 2.36 bits per heavy atom. The Labute approximate surface area is 85.4 Å². The van der Waals surface area contributed by atoms with Crippen LogP contribution >= 0.6 is 0 Å². The average Bonchev–Trinajstić information content (AvgIpc) is 2.71. The average molecular weight is 194 g/mol. The molecule has 0 amide bonds. The zero-order valence-corrected chi connectivity index (χ0v) is 8.08. The van der Waals surface area contributed by atoms with Gasteiger partial charge in [0.05, 0.1) is 0 Å². The number of hydrogen-bond donors (Lipinski definition) is 1. The SMILES string of the molecule is [2H]CCNCCc1ccc2c(c1)OCO2. The van der Waals surface area contributed by atoms with Crippen molar-refractivity contribution in [1.29, 1.82) is 0 Å². The Morgan fingerprint density at radius 1 is 1.43 bits per heavy atom. The standard InChI is InChI=1S/C11H15NO2/c1-2-12-6-5-9-3-4-10-11(7-9)14-8-13-10/h3-4,7,12H,2,5-6,8H2,1H3/i1D. The smallest absolute Gasteiger partial charge is 0.231 e. The predicted molar refractivity (Wildman–Crippen MR) is 54.8 cm³/mol. The molecule has 0 fully saturated rings. The van der Waals surface area contributed by atoms with Gasteiger partial charge in [-0.3, -0.25) is 0 Å². The maximum atomic E-state index is 6.99. The van der Waals surface area contributed by atoms with Crippen LogP contribution in [0.5, 0.6) is 11.5 Å². The molecule has 1 N–H and O–H groups in total. The summed E-state index contributed by atoms with van der Waals surface area (Å²) < 4.78 is 17.5. The van der Waals surface area contributed by atoms with Crippen molar-refractivity contribution >= 4 is 0 Å². The van der Waals surface area contributed by atoms with Crippen LogP contribution in [0, 0.1) is 0 Å². The highest BCUT2D eigenvalue weighted by Crippen LogP contribution is 2.32. The van der Waals surface area contributed by atoms with Crippen molar-refractivity contribution in [1.82, 2.24) is 5.32 Å². The molecular formula is C11H15NO2. The highest BCUT2D eigenvalue weighted by molar-refractivity contribution is 5.44. The molecule has 0 unspecified atom stereocenters. The molecule has 1 heterocycles. The van der Waals surface area contributed by atoms with Crippen molar-refractivity contribution < 1.29 is 10.8 Å². The topological polar surface area (TPSA) is 30.5 Å². The lowest BCUT2D eigenvalue weighted by Gasteiger charge is -2.03. The van der Waals surface area contributed by atoms with Crippen molar-refractivity contribution in [2.24, 2.45) is 0 Å². The van der Waals surface area contributed by atoms with Crippen molar-refractivity contribution in [2.75, 3.05) is 19.9 Å². The summed E-state index contributed by atoms with van der Waals surface area (Å²) in [5.74, 6) is 1.67. The Kier molecular flexibility index (Phi) is 2.51. The van der Waals surface area contributed by atoms with E-state index in [1.165, 1.54) is 5.56 Å². The van der Waals surface area contributed by atoms with E-state index < -0.39 is 0 Å². The Morgan fingerprint density at radius 3 is 3.29 bits per heavy atom. The number of fused-ring (bicyclic) bond motifs is 1. The van der Waals surface area contributed by atoms with E-state index in [4.69, 9.17) is 10.8 Å². The molecule has 0 bridgehead atoms. The highest BCUT2D eigenvalue weighted by Gasteiger charge is 2.12. The number of rotatable bonds is 4. The molecule has 1 aromatic rings. The van der Waals surface area contributed by atoms with Gasteiger partial charge in [-0.15, -0.1) is 0 Å². The largest absolute Gasteiger partial charge is 0.454 e. The summed E-state index contributed by atoms with van der Waals surface area (Å²) in [6.07, 6.45) is 0.955. The van der Waals surface area contributed by atoms with Crippen LogP contribution in [0.1, 0.15) is 13.8 Å². The molecule has 76 valence electrons. The molecule has 1 aliphatic rings. The van der Waals surface area contributed by atoms with Crippen molar-refractivity contribution in [2.45, 2.75) is 13.3 Å². The quantitative estimate of drug-likeness (QED) is 0.738. The number of likely N-dealkylation sites (N-methyl/N-ethyl adjacent to an activating group) is 1. The molecule has 3 nitrogen and oxygen atoms in total. The first-order valence-electron chi connectivity index (χ1n) is 5.49. The molecule has 0 atom stereocenters. The van der Waals surface area contributed by atoms with Crippen LogP contribution in [0.25, 0.3) is 0 Å². The van der Waals surface area contributed by atoms with Gasteiger partial charge in [-0.25, -0.2) is 0 Å². The molecule has 2 rings (SSSR count). The van der Waals surface area contributed by atoms with E-state index in [9.17, 15) is 0 Å². The third-order valence-corrected chi connectivity index (χ3v) is 2.20. The van der Waals surface area contributed by atoms with E-state index in [1.54, 1.807) is 0 Å². The van der Waals surface area contributed by atoms with Gasteiger partial charge in [-0.2, -0.15) is 0 Å². The zero-order chi connectivity index (χ0) is 10.5. The number of nitrogens with one attached hydrogen (secondary N) is 1. The fraction of sp³-hybridized carbons (Fsp3) is 0.455. The molecule has 0 aliphatic carbocycles. The summed E-state index contributed by atoms with van der Waals surface area (Å²) in [5.41, 5.74) is 1.23. The first-order chi connectivity index (χ1) is 7.40. The van der Waals surface area contributed by atoms with Crippen molar-refractivity contribution in [3.05, 3.63) is 23.8 Å². The molecule has 1 aliphatic heterocycles. The van der Waals surface area contributed by atoms with E-state index in [0.717, 1.165) is 31.0 Å². The second-order valence-corrected chi connectivity index (χ2v) is 3.19. The number of benzene rings is 1. The summed E-state index contributed by atoms with van der Waals surface area (Å²) in [7, 11) is 0. The van der Waals surface area contributed by atoms with E-state index in [2.05, 4.69) is 11.4 Å². The second-order valence-electron chi connectivity index (χ2n) is 3.19. The van der Waals surface area contributed by atoms with Gasteiger partial charge < -0.3 is 14.8 Å². The van der Waals surface area contributed by atoms with Gasteiger partial charge in [-0.1, -0.05) is 13.0 Å². The summed E-state index contributed by atoms with van der Waals surface area (Å²) >= 11 is 0. The molecule has 3 heteroatoms. The lowest BCUT2D eigenvalue weighted by atomic mass is 10.1. The minimum absolute atomic E-state index is 0.329. The number of hydrogen-bond acceptors (Lipinski definition) is 3. The Bertz CT molecular complexity index is 330. The van der Waals surface area contributed by atoms with Crippen molar-refractivity contribution in [3.63, 3.8) is 0 Å². The van der Waals surface area contributed by atoms with Gasteiger partial charge in [-0.05, 0) is 37.2 Å². The Hall–Kier alpha value is -1.22. The zero-order valence-electron chi connectivity index (χ0n) is 9.08. The van der Waals surface area contributed by atoms with Crippen LogP contribution < -0.4 is 14.8 Å². The lowest BCUT2D eigenvalue weighted by Crippen LogP contribution is -2.15. The molecular weight excluding hydrogens is 178 g/mol. The first kappa shape index (κ1) is 8.12. The van der Waals surface area contributed by atoms with E-state index >= 15 is 0 Å². The van der Waals surface area contributed by atoms with Crippen LogP contribution in [0.4, 0.5) is 0 Å².